The third-order valence-corrected chi connectivity index (χ3v) is 2.85. The van der Waals surface area contributed by atoms with E-state index in [-0.39, 0.29) is 0 Å². The number of halogens is 1. The van der Waals surface area contributed by atoms with Crippen LogP contribution in [0.15, 0.2) is 16.6 Å². The number of anilines is 1. The van der Waals surface area contributed by atoms with Crippen molar-refractivity contribution in [2.75, 3.05) is 26.4 Å². The zero-order chi connectivity index (χ0) is 12.3. The van der Waals surface area contributed by atoms with Crippen molar-refractivity contribution >= 4 is 21.6 Å². The summed E-state index contributed by atoms with van der Waals surface area (Å²) in [6.07, 6.45) is -0.626. The van der Waals surface area contributed by atoms with Gasteiger partial charge >= 0.3 is 0 Å². The molecule has 3 N–H and O–H groups in total. The van der Waals surface area contributed by atoms with Gasteiger partial charge in [0.15, 0.2) is 0 Å². The monoisotopic (exact) mass is 283 g/mol. The van der Waals surface area contributed by atoms with Gasteiger partial charge in [-0.15, -0.1) is 0 Å². The zero-order valence-corrected chi connectivity index (χ0v) is 10.8. The first kappa shape index (κ1) is 13.0. The quantitative estimate of drug-likeness (QED) is 0.825. The molecule has 0 spiro atoms. The van der Waals surface area contributed by atoms with E-state index in [4.69, 9.17) is 11.0 Å². The topological polar surface area (TPSA) is 73.3 Å². The maximum absolute atomic E-state index is 9.91. The van der Waals surface area contributed by atoms with Crippen LogP contribution in [0.3, 0.4) is 0 Å². The Kier molecular flexibility index (Phi) is 4.30. The van der Waals surface area contributed by atoms with E-state index in [9.17, 15) is 5.11 Å². The van der Waals surface area contributed by atoms with Crippen LogP contribution in [0.2, 0.25) is 0 Å². The number of nitrogen functional groups attached to an aromatic ring is 1. The molecule has 1 rings (SSSR count). The molecule has 86 valence electrons. The van der Waals surface area contributed by atoms with Gasteiger partial charge in [-0.1, -0.05) is 0 Å². The first-order valence-corrected chi connectivity index (χ1v) is 5.56. The normalized spacial score (nSPS) is 12.5. The summed E-state index contributed by atoms with van der Waals surface area (Å²) in [5.74, 6) is 0. The molecule has 0 amide bonds. The van der Waals surface area contributed by atoms with E-state index >= 15 is 0 Å². The molecule has 0 heterocycles. The Bertz CT molecular complexity index is 426. The number of likely N-dealkylation sites (N-methyl/N-ethyl adjacent to an activating group) is 1. The molecule has 0 saturated heterocycles. The molecule has 1 unspecified atom stereocenters. The van der Waals surface area contributed by atoms with Crippen molar-refractivity contribution in [3.8, 4) is 6.07 Å². The fraction of sp³-hybridized carbons (Fsp3) is 0.364. The molecule has 1 atom stereocenters. The maximum atomic E-state index is 9.91. The van der Waals surface area contributed by atoms with Crippen LogP contribution in [0.1, 0.15) is 17.2 Å². The smallest absolute Gasteiger partial charge is 0.101 e. The highest BCUT2D eigenvalue weighted by Gasteiger charge is 2.13. The third kappa shape index (κ3) is 2.95. The molecule has 0 aromatic heterocycles. The summed E-state index contributed by atoms with van der Waals surface area (Å²) in [4.78, 5) is 1.88. The molecule has 1 aromatic carbocycles. The van der Waals surface area contributed by atoms with Crippen molar-refractivity contribution in [3.05, 3.63) is 27.7 Å². The Morgan fingerprint density at radius 1 is 1.56 bits per heavy atom. The number of nitrogens with two attached hydrogens (primary N) is 1. The molecule has 1 aromatic rings. The predicted molar refractivity (Wildman–Crippen MR) is 66.8 cm³/mol. The summed E-state index contributed by atoms with van der Waals surface area (Å²) in [5, 5.41) is 18.8. The highest BCUT2D eigenvalue weighted by Crippen LogP contribution is 2.28. The van der Waals surface area contributed by atoms with Gasteiger partial charge < -0.3 is 15.7 Å². The molecule has 0 aliphatic carbocycles. The minimum atomic E-state index is -0.626. The fourth-order valence-corrected chi connectivity index (χ4v) is 1.85. The number of nitriles is 1. The lowest BCUT2D eigenvalue weighted by atomic mass is 10.0. The van der Waals surface area contributed by atoms with E-state index in [0.717, 1.165) is 0 Å². The predicted octanol–water partition coefficient (Wildman–Crippen LogP) is 1.50. The number of benzene rings is 1. The molecule has 0 aliphatic rings. The van der Waals surface area contributed by atoms with E-state index in [1.165, 1.54) is 0 Å². The lowest BCUT2D eigenvalue weighted by molar-refractivity contribution is 0.138. The van der Waals surface area contributed by atoms with Gasteiger partial charge in [-0.05, 0) is 47.7 Å². The molecule has 0 aliphatic heterocycles. The van der Waals surface area contributed by atoms with E-state index < -0.39 is 6.10 Å². The summed E-state index contributed by atoms with van der Waals surface area (Å²) < 4.78 is 0.638. The van der Waals surface area contributed by atoms with Crippen LogP contribution < -0.4 is 5.73 Å². The largest absolute Gasteiger partial charge is 0.397 e. The number of hydrogen-bond acceptors (Lipinski definition) is 4. The van der Waals surface area contributed by atoms with Crippen LogP contribution in [-0.2, 0) is 0 Å². The van der Waals surface area contributed by atoms with Gasteiger partial charge in [0, 0.05) is 11.0 Å². The second-order valence-corrected chi connectivity index (χ2v) is 4.71. The SMILES string of the molecule is CN(C)CC(O)c1cc(Br)c(N)c(C#N)c1. The number of aliphatic hydroxyl groups is 1. The summed E-state index contributed by atoms with van der Waals surface area (Å²) in [7, 11) is 3.75. The first-order valence-electron chi connectivity index (χ1n) is 4.77. The van der Waals surface area contributed by atoms with E-state index in [1.54, 1.807) is 12.1 Å². The Morgan fingerprint density at radius 3 is 2.69 bits per heavy atom. The van der Waals surface area contributed by atoms with Crippen molar-refractivity contribution in [2.24, 2.45) is 0 Å². The van der Waals surface area contributed by atoms with Crippen LogP contribution in [0, 0.1) is 11.3 Å². The lowest BCUT2D eigenvalue weighted by Crippen LogP contribution is -2.20. The average molecular weight is 284 g/mol. The molecule has 4 nitrogen and oxygen atoms in total. The van der Waals surface area contributed by atoms with Crippen LogP contribution in [-0.4, -0.2) is 30.6 Å². The third-order valence-electron chi connectivity index (χ3n) is 2.20. The fourth-order valence-electron chi connectivity index (χ4n) is 1.37. The van der Waals surface area contributed by atoms with E-state index in [1.807, 2.05) is 25.1 Å². The Labute approximate surface area is 103 Å². The van der Waals surface area contributed by atoms with Gasteiger partial charge in [-0.3, -0.25) is 0 Å². The van der Waals surface area contributed by atoms with Crippen molar-refractivity contribution in [1.82, 2.24) is 4.90 Å². The van der Waals surface area contributed by atoms with Gasteiger partial charge in [0.2, 0.25) is 0 Å². The molecule has 16 heavy (non-hydrogen) atoms. The highest BCUT2D eigenvalue weighted by molar-refractivity contribution is 9.10. The van der Waals surface area contributed by atoms with E-state index in [2.05, 4.69) is 15.9 Å². The molecule has 0 radical (unpaired) electrons. The van der Waals surface area contributed by atoms with Gasteiger partial charge in [0.05, 0.1) is 17.4 Å². The van der Waals surface area contributed by atoms with Crippen molar-refractivity contribution in [2.45, 2.75) is 6.10 Å². The van der Waals surface area contributed by atoms with Crippen LogP contribution >= 0.6 is 15.9 Å². The molecular weight excluding hydrogens is 270 g/mol. The minimum Gasteiger partial charge on any atom is -0.397 e. The first-order chi connectivity index (χ1) is 7.45. The number of rotatable bonds is 3. The summed E-state index contributed by atoms with van der Waals surface area (Å²) in [6, 6.07) is 5.36. The highest BCUT2D eigenvalue weighted by atomic mass is 79.9. The van der Waals surface area contributed by atoms with E-state index in [0.29, 0.717) is 27.8 Å². The number of hydrogen-bond donors (Lipinski definition) is 2. The Balaban J connectivity index is 3.07. The molecule has 0 fully saturated rings. The molecular formula is C11H14BrN3O. The molecule has 0 saturated carbocycles. The van der Waals surface area contributed by atoms with Gasteiger partial charge in [-0.2, -0.15) is 5.26 Å². The maximum Gasteiger partial charge on any atom is 0.101 e. The van der Waals surface area contributed by atoms with Crippen molar-refractivity contribution in [1.29, 1.82) is 5.26 Å². The molecule has 0 bridgehead atoms. The summed E-state index contributed by atoms with van der Waals surface area (Å²) in [6.45, 7) is 0.501. The lowest BCUT2D eigenvalue weighted by Gasteiger charge is -2.17. The second kappa shape index (κ2) is 5.30. The Morgan fingerprint density at radius 2 is 2.19 bits per heavy atom. The van der Waals surface area contributed by atoms with Gasteiger partial charge in [0.25, 0.3) is 0 Å². The number of aliphatic hydroxyl groups excluding tert-OH is 1. The Hall–Kier alpha value is -1.09. The van der Waals surface area contributed by atoms with Crippen molar-refractivity contribution < 1.29 is 5.11 Å². The van der Waals surface area contributed by atoms with Gasteiger partial charge in [-0.25, -0.2) is 0 Å². The standard InChI is InChI=1S/C11H14BrN3O/c1-15(2)6-10(16)7-3-8(5-13)11(14)9(12)4-7/h3-4,10,16H,6,14H2,1-2H3. The van der Waals surface area contributed by atoms with Crippen molar-refractivity contribution in [3.63, 3.8) is 0 Å². The average Bonchev–Trinajstić information content (AvgIpc) is 2.20. The minimum absolute atomic E-state index is 0.377. The number of nitrogens with zero attached hydrogens (tertiary/aromatic N) is 2. The van der Waals surface area contributed by atoms with Gasteiger partial charge in [0.1, 0.15) is 6.07 Å². The van der Waals surface area contributed by atoms with Crippen LogP contribution in [0.4, 0.5) is 5.69 Å². The van der Waals surface area contributed by atoms with Crippen LogP contribution in [0.25, 0.3) is 0 Å². The molecule has 5 heteroatoms. The van der Waals surface area contributed by atoms with Crippen LogP contribution in [0.5, 0.6) is 0 Å². The zero-order valence-electron chi connectivity index (χ0n) is 9.24. The second-order valence-electron chi connectivity index (χ2n) is 3.85. The summed E-state index contributed by atoms with van der Waals surface area (Å²) >= 11 is 3.27. The summed E-state index contributed by atoms with van der Waals surface area (Å²) in [5.41, 5.74) is 7.17.